The predicted octanol–water partition coefficient (Wildman–Crippen LogP) is 3.47. The number of rotatable bonds is 1. The van der Waals surface area contributed by atoms with Gasteiger partial charge in [-0.15, -0.1) is 0 Å². The highest BCUT2D eigenvalue weighted by molar-refractivity contribution is 5.62. The number of hydrogen-bond donors (Lipinski definition) is 1. The summed E-state index contributed by atoms with van der Waals surface area (Å²) < 4.78 is 11.6. The van der Waals surface area contributed by atoms with Crippen LogP contribution in [0.2, 0.25) is 0 Å². The third-order valence-electron chi connectivity index (χ3n) is 4.20. The third-order valence-corrected chi connectivity index (χ3v) is 4.20. The van der Waals surface area contributed by atoms with Crippen molar-refractivity contribution in [2.45, 2.75) is 25.5 Å². The number of hydrogen-bond acceptors (Lipinski definition) is 3. The minimum atomic E-state index is 0.0781. The smallest absolute Gasteiger partial charge is 0.145 e. The van der Waals surface area contributed by atoms with E-state index in [9.17, 15) is 0 Å². The van der Waals surface area contributed by atoms with Crippen LogP contribution in [-0.2, 0) is 6.42 Å². The molecule has 0 radical (unpaired) electrons. The first-order chi connectivity index (χ1) is 9.74. The van der Waals surface area contributed by atoms with Gasteiger partial charge in [-0.2, -0.15) is 0 Å². The second-order valence-electron chi connectivity index (χ2n) is 5.56. The molecule has 2 unspecified atom stereocenters. The Balaban J connectivity index is 1.75. The SMILES string of the molecule is COc1ccc2c(c1)C1Oc3cc(C)ccc3NC1C2. The molecule has 0 aromatic heterocycles. The van der Waals surface area contributed by atoms with Crippen molar-refractivity contribution >= 4 is 5.69 Å². The number of ether oxygens (including phenoxy) is 2. The van der Waals surface area contributed by atoms with Gasteiger partial charge in [-0.05, 0) is 48.7 Å². The van der Waals surface area contributed by atoms with Crippen LogP contribution in [0.5, 0.6) is 11.5 Å². The van der Waals surface area contributed by atoms with Crippen molar-refractivity contribution in [1.29, 1.82) is 0 Å². The van der Waals surface area contributed by atoms with Gasteiger partial charge < -0.3 is 14.8 Å². The zero-order valence-corrected chi connectivity index (χ0v) is 11.6. The van der Waals surface area contributed by atoms with Crippen LogP contribution in [0.1, 0.15) is 22.8 Å². The van der Waals surface area contributed by atoms with Crippen LogP contribution in [0.4, 0.5) is 5.69 Å². The molecule has 3 heteroatoms. The maximum Gasteiger partial charge on any atom is 0.145 e. The highest BCUT2D eigenvalue weighted by Gasteiger charge is 2.38. The number of methoxy groups -OCH3 is 1. The molecule has 0 saturated carbocycles. The Morgan fingerprint density at radius 2 is 2.10 bits per heavy atom. The molecular weight excluding hydrogens is 250 g/mol. The van der Waals surface area contributed by atoms with E-state index in [-0.39, 0.29) is 6.10 Å². The zero-order valence-electron chi connectivity index (χ0n) is 11.6. The number of benzene rings is 2. The van der Waals surface area contributed by atoms with E-state index in [1.165, 1.54) is 16.7 Å². The Hall–Kier alpha value is -2.16. The molecule has 1 heterocycles. The summed E-state index contributed by atoms with van der Waals surface area (Å²) in [5, 5.41) is 3.60. The Labute approximate surface area is 118 Å². The standard InChI is InChI=1S/C17H17NO2/c1-10-3-6-14-16(7-10)20-17-13-9-12(19-2)5-4-11(13)8-15(17)18-14/h3-7,9,15,17-18H,8H2,1-2H3. The van der Waals surface area contributed by atoms with Crippen LogP contribution in [0.3, 0.4) is 0 Å². The first kappa shape index (κ1) is 11.6. The molecule has 1 aliphatic heterocycles. The van der Waals surface area contributed by atoms with Gasteiger partial charge in [0.05, 0.1) is 18.8 Å². The molecule has 4 rings (SSSR count). The van der Waals surface area contributed by atoms with Crippen LogP contribution in [0.25, 0.3) is 0 Å². The minimum Gasteiger partial charge on any atom is -0.497 e. The molecule has 2 aromatic carbocycles. The van der Waals surface area contributed by atoms with E-state index in [0.717, 1.165) is 23.6 Å². The van der Waals surface area contributed by atoms with Crippen molar-refractivity contribution in [2.75, 3.05) is 12.4 Å². The summed E-state index contributed by atoms with van der Waals surface area (Å²) in [5.74, 6) is 1.84. The van der Waals surface area contributed by atoms with Crippen molar-refractivity contribution in [3.8, 4) is 11.5 Å². The van der Waals surface area contributed by atoms with Crippen LogP contribution < -0.4 is 14.8 Å². The average molecular weight is 267 g/mol. The highest BCUT2D eigenvalue weighted by atomic mass is 16.5. The summed E-state index contributed by atoms with van der Waals surface area (Å²) in [5.41, 5.74) is 4.90. The predicted molar refractivity (Wildman–Crippen MR) is 78.7 cm³/mol. The Kier molecular flexibility index (Phi) is 2.43. The Morgan fingerprint density at radius 3 is 2.95 bits per heavy atom. The summed E-state index contributed by atoms with van der Waals surface area (Å²) in [6.45, 7) is 2.08. The summed E-state index contributed by atoms with van der Waals surface area (Å²) in [4.78, 5) is 0. The molecule has 2 aromatic rings. The van der Waals surface area contributed by atoms with Gasteiger partial charge in [0.15, 0.2) is 0 Å². The summed E-state index contributed by atoms with van der Waals surface area (Å²) in [7, 11) is 1.70. The second kappa shape index (κ2) is 4.17. The number of aryl methyl sites for hydroxylation is 1. The number of fused-ring (bicyclic) bond motifs is 4. The summed E-state index contributed by atoms with van der Waals surface area (Å²) in [6.07, 6.45) is 1.08. The summed E-state index contributed by atoms with van der Waals surface area (Å²) >= 11 is 0. The lowest BCUT2D eigenvalue weighted by atomic mass is 10.1. The van der Waals surface area contributed by atoms with E-state index >= 15 is 0 Å². The lowest BCUT2D eigenvalue weighted by Crippen LogP contribution is -2.32. The maximum absolute atomic E-state index is 6.24. The van der Waals surface area contributed by atoms with Crippen molar-refractivity contribution < 1.29 is 9.47 Å². The van der Waals surface area contributed by atoms with E-state index in [1.54, 1.807) is 7.11 Å². The van der Waals surface area contributed by atoms with Crippen LogP contribution in [-0.4, -0.2) is 13.2 Å². The lowest BCUT2D eigenvalue weighted by molar-refractivity contribution is 0.183. The van der Waals surface area contributed by atoms with Gasteiger partial charge >= 0.3 is 0 Å². The molecule has 0 fully saturated rings. The van der Waals surface area contributed by atoms with Gasteiger partial charge in [0.25, 0.3) is 0 Å². The molecular formula is C17H17NO2. The normalized spacial score (nSPS) is 22.1. The molecule has 0 spiro atoms. The van der Waals surface area contributed by atoms with Gasteiger partial charge in [0, 0.05) is 5.56 Å². The van der Waals surface area contributed by atoms with Gasteiger partial charge in [0.2, 0.25) is 0 Å². The van der Waals surface area contributed by atoms with Crippen molar-refractivity contribution in [2.24, 2.45) is 0 Å². The van der Waals surface area contributed by atoms with Gasteiger partial charge in [-0.1, -0.05) is 12.1 Å². The second-order valence-corrected chi connectivity index (χ2v) is 5.56. The minimum absolute atomic E-state index is 0.0781. The Morgan fingerprint density at radius 1 is 1.20 bits per heavy atom. The topological polar surface area (TPSA) is 30.5 Å². The summed E-state index contributed by atoms with van der Waals surface area (Å²) in [6, 6.07) is 12.9. The van der Waals surface area contributed by atoms with Gasteiger partial charge in [-0.3, -0.25) is 0 Å². The fraction of sp³-hybridized carbons (Fsp3) is 0.294. The quantitative estimate of drug-likeness (QED) is 0.858. The molecule has 1 N–H and O–H groups in total. The van der Waals surface area contributed by atoms with Crippen molar-refractivity contribution in [3.63, 3.8) is 0 Å². The van der Waals surface area contributed by atoms with E-state index in [0.29, 0.717) is 6.04 Å². The molecule has 0 saturated heterocycles. The number of nitrogens with one attached hydrogen (secondary N) is 1. The largest absolute Gasteiger partial charge is 0.497 e. The fourth-order valence-corrected chi connectivity index (χ4v) is 3.17. The average Bonchev–Trinajstić information content (AvgIpc) is 2.81. The van der Waals surface area contributed by atoms with Crippen LogP contribution in [0, 0.1) is 6.92 Å². The third kappa shape index (κ3) is 1.66. The molecule has 20 heavy (non-hydrogen) atoms. The molecule has 2 aliphatic rings. The monoisotopic (exact) mass is 267 g/mol. The zero-order chi connectivity index (χ0) is 13.7. The highest BCUT2D eigenvalue weighted by Crippen LogP contribution is 2.44. The molecule has 2 atom stereocenters. The fourth-order valence-electron chi connectivity index (χ4n) is 3.17. The van der Waals surface area contributed by atoms with E-state index < -0.39 is 0 Å². The first-order valence-corrected chi connectivity index (χ1v) is 6.95. The van der Waals surface area contributed by atoms with Crippen LogP contribution in [0.15, 0.2) is 36.4 Å². The van der Waals surface area contributed by atoms with Gasteiger partial charge in [-0.25, -0.2) is 0 Å². The van der Waals surface area contributed by atoms with Gasteiger partial charge in [0.1, 0.15) is 17.6 Å². The first-order valence-electron chi connectivity index (χ1n) is 6.95. The lowest BCUT2D eigenvalue weighted by Gasteiger charge is -2.31. The van der Waals surface area contributed by atoms with E-state index in [4.69, 9.17) is 9.47 Å². The molecule has 3 nitrogen and oxygen atoms in total. The van der Waals surface area contributed by atoms with Crippen molar-refractivity contribution in [1.82, 2.24) is 0 Å². The number of anilines is 1. The van der Waals surface area contributed by atoms with Crippen LogP contribution >= 0.6 is 0 Å². The Bertz CT molecular complexity index is 681. The molecule has 0 amide bonds. The molecule has 102 valence electrons. The molecule has 0 bridgehead atoms. The maximum atomic E-state index is 6.24. The van der Waals surface area contributed by atoms with Crippen molar-refractivity contribution in [3.05, 3.63) is 53.1 Å². The van der Waals surface area contributed by atoms with E-state index in [1.807, 2.05) is 6.07 Å². The molecule has 1 aliphatic carbocycles. The van der Waals surface area contributed by atoms with E-state index in [2.05, 4.69) is 42.6 Å².